The Morgan fingerprint density at radius 3 is 2.65 bits per heavy atom. The van der Waals surface area contributed by atoms with Gasteiger partial charge in [-0.1, -0.05) is 26.0 Å². The number of thioether (sulfide) groups is 1. The third-order valence-electron chi connectivity index (χ3n) is 2.88. The van der Waals surface area contributed by atoms with Crippen molar-refractivity contribution >= 4 is 11.8 Å². The van der Waals surface area contributed by atoms with Gasteiger partial charge in [0.1, 0.15) is 5.75 Å². The van der Waals surface area contributed by atoms with Crippen LogP contribution in [0.2, 0.25) is 0 Å². The van der Waals surface area contributed by atoms with E-state index in [1.165, 1.54) is 4.90 Å². The summed E-state index contributed by atoms with van der Waals surface area (Å²) in [7, 11) is 0. The summed E-state index contributed by atoms with van der Waals surface area (Å²) in [6.45, 7) is 5.89. The molecule has 0 heterocycles. The Kier molecular flexibility index (Phi) is 5.86. The summed E-state index contributed by atoms with van der Waals surface area (Å²) in [5.41, 5.74) is 5.93. The first-order chi connectivity index (χ1) is 8.09. The van der Waals surface area contributed by atoms with E-state index < -0.39 is 0 Å². The lowest BCUT2D eigenvalue weighted by Crippen LogP contribution is -2.23. The van der Waals surface area contributed by atoms with Crippen LogP contribution in [0.5, 0.6) is 5.75 Å². The Morgan fingerprint density at radius 2 is 2.00 bits per heavy atom. The van der Waals surface area contributed by atoms with E-state index in [1.807, 2.05) is 18.2 Å². The van der Waals surface area contributed by atoms with Gasteiger partial charge in [0, 0.05) is 4.90 Å². The van der Waals surface area contributed by atoms with E-state index in [2.05, 4.69) is 26.2 Å². The molecular formula is C14H23NOS. The van der Waals surface area contributed by atoms with Crippen LogP contribution in [0.15, 0.2) is 29.2 Å². The maximum absolute atomic E-state index is 5.81. The minimum Gasteiger partial charge on any atom is -0.492 e. The summed E-state index contributed by atoms with van der Waals surface area (Å²) >= 11 is 1.72. The first-order valence-corrected chi connectivity index (χ1v) is 7.27. The number of nitrogens with two attached hydrogens (primary N) is 1. The summed E-state index contributed by atoms with van der Waals surface area (Å²) in [6, 6.07) is 8.17. The molecule has 0 aliphatic heterocycles. The normalized spacial score (nSPS) is 11.5. The molecule has 96 valence electrons. The van der Waals surface area contributed by atoms with Gasteiger partial charge in [0.2, 0.25) is 0 Å². The fourth-order valence-electron chi connectivity index (χ4n) is 1.57. The predicted molar refractivity (Wildman–Crippen MR) is 75.8 cm³/mol. The average molecular weight is 253 g/mol. The molecule has 0 spiro atoms. The Morgan fingerprint density at radius 1 is 1.29 bits per heavy atom. The molecule has 0 unspecified atom stereocenters. The molecule has 0 saturated heterocycles. The first-order valence-electron chi connectivity index (χ1n) is 6.05. The molecule has 1 rings (SSSR count). The standard InChI is InChI=1S/C14H23NOS/c1-14(2,11-15)9-6-10-16-12-7-4-5-8-13(12)17-3/h4-5,7-8H,6,9-11,15H2,1-3H3. The lowest BCUT2D eigenvalue weighted by atomic mass is 9.88. The summed E-state index contributed by atoms with van der Waals surface area (Å²) < 4.78 is 5.81. The average Bonchev–Trinajstić information content (AvgIpc) is 2.35. The van der Waals surface area contributed by atoms with Crippen molar-refractivity contribution < 1.29 is 4.74 Å². The van der Waals surface area contributed by atoms with E-state index in [9.17, 15) is 0 Å². The molecule has 2 N–H and O–H groups in total. The van der Waals surface area contributed by atoms with E-state index >= 15 is 0 Å². The minimum atomic E-state index is 0.225. The molecule has 0 saturated carbocycles. The molecule has 0 aliphatic rings. The number of hydrogen-bond acceptors (Lipinski definition) is 3. The van der Waals surface area contributed by atoms with Crippen LogP contribution < -0.4 is 10.5 Å². The molecular weight excluding hydrogens is 230 g/mol. The van der Waals surface area contributed by atoms with Gasteiger partial charge in [-0.05, 0) is 43.2 Å². The summed E-state index contributed by atoms with van der Waals surface area (Å²) in [6.07, 6.45) is 4.22. The van der Waals surface area contributed by atoms with Crippen molar-refractivity contribution in [3.8, 4) is 5.75 Å². The highest BCUT2D eigenvalue weighted by Gasteiger charge is 2.14. The maximum Gasteiger partial charge on any atom is 0.132 e. The van der Waals surface area contributed by atoms with E-state index in [4.69, 9.17) is 10.5 Å². The number of para-hydroxylation sites is 1. The molecule has 0 fully saturated rings. The van der Waals surface area contributed by atoms with Gasteiger partial charge in [0.15, 0.2) is 0 Å². The van der Waals surface area contributed by atoms with Crippen molar-refractivity contribution in [1.29, 1.82) is 0 Å². The van der Waals surface area contributed by atoms with Gasteiger partial charge in [-0.3, -0.25) is 0 Å². The smallest absolute Gasteiger partial charge is 0.132 e. The third-order valence-corrected chi connectivity index (χ3v) is 3.65. The Balaban J connectivity index is 2.36. The van der Waals surface area contributed by atoms with E-state index in [0.29, 0.717) is 0 Å². The van der Waals surface area contributed by atoms with Crippen molar-refractivity contribution in [2.45, 2.75) is 31.6 Å². The lowest BCUT2D eigenvalue weighted by molar-refractivity contribution is 0.257. The molecule has 1 aromatic rings. The quantitative estimate of drug-likeness (QED) is 0.596. The second-order valence-corrected chi connectivity index (χ2v) is 5.82. The van der Waals surface area contributed by atoms with Crippen LogP contribution in [0, 0.1) is 5.41 Å². The fourth-order valence-corrected chi connectivity index (χ4v) is 2.12. The topological polar surface area (TPSA) is 35.2 Å². The zero-order valence-electron chi connectivity index (χ0n) is 11.0. The Bertz CT molecular complexity index is 339. The summed E-state index contributed by atoms with van der Waals surface area (Å²) in [5.74, 6) is 0.991. The van der Waals surface area contributed by atoms with Crippen molar-refractivity contribution in [1.82, 2.24) is 0 Å². The number of benzene rings is 1. The van der Waals surface area contributed by atoms with Gasteiger partial charge in [-0.25, -0.2) is 0 Å². The highest BCUT2D eigenvalue weighted by atomic mass is 32.2. The molecule has 0 atom stereocenters. The minimum absolute atomic E-state index is 0.225. The monoisotopic (exact) mass is 253 g/mol. The molecule has 1 aromatic carbocycles. The fraction of sp³-hybridized carbons (Fsp3) is 0.571. The maximum atomic E-state index is 5.81. The highest BCUT2D eigenvalue weighted by Crippen LogP contribution is 2.27. The van der Waals surface area contributed by atoms with E-state index in [-0.39, 0.29) is 5.41 Å². The second kappa shape index (κ2) is 6.92. The lowest BCUT2D eigenvalue weighted by Gasteiger charge is -2.22. The molecule has 17 heavy (non-hydrogen) atoms. The number of rotatable bonds is 7. The van der Waals surface area contributed by atoms with Gasteiger partial charge in [-0.2, -0.15) is 0 Å². The molecule has 0 aliphatic carbocycles. The molecule has 0 bridgehead atoms. The summed E-state index contributed by atoms with van der Waals surface area (Å²) in [5, 5.41) is 0. The van der Waals surface area contributed by atoms with Crippen molar-refractivity contribution in [2.24, 2.45) is 11.1 Å². The van der Waals surface area contributed by atoms with E-state index in [0.717, 1.165) is 31.7 Å². The van der Waals surface area contributed by atoms with Crippen molar-refractivity contribution in [2.75, 3.05) is 19.4 Å². The third kappa shape index (κ3) is 5.00. The van der Waals surface area contributed by atoms with Crippen LogP contribution in [0.4, 0.5) is 0 Å². The van der Waals surface area contributed by atoms with Gasteiger partial charge >= 0.3 is 0 Å². The van der Waals surface area contributed by atoms with Gasteiger partial charge in [0.05, 0.1) is 6.61 Å². The highest BCUT2D eigenvalue weighted by molar-refractivity contribution is 7.98. The van der Waals surface area contributed by atoms with Crippen LogP contribution in [0.3, 0.4) is 0 Å². The van der Waals surface area contributed by atoms with Crippen LogP contribution in [-0.2, 0) is 0 Å². The number of hydrogen-bond donors (Lipinski definition) is 1. The molecule has 0 aromatic heterocycles. The SMILES string of the molecule is CSc1ccccc1OCCCC(C)(C)CN. The molecule has 0 amide bonds. The molecule has 2 nitrogen and oxygen atoms in total. The van der Waals surface area contributed by atoms with Gasteiger partial charge < -0.3 is 10.5 Å². The largest absolute Gasteiger partial charge is 0.492 e. The van der Waals surface area contributed by atoms with Gasteiger partial charge in [0.25, 0.3) is 0 Å². The zero-order valence-corrected chi connectivity index (χ0v) is 11.8. The second-order valence-electron chi connectivity index (χ2n) is 4.97. The van der Waals surface area contributed by atoms with Crippen molar-refractivity contribution in [3.63, 3.8) is 0 Å². The molecule has 0 radical (unpaired) electrons. The van der Waals surface area contributed by atoms with Gasteiger partial charge in [-0.15, -0.1) is 11.8 Å². The number of ether oxygens (including phenoxy) is 1. The predicted octanol–water partition coefficient (Wildman–Crippen LogP) is 3.55. The Labute approximate surface area is 109 Å². The van der Waals surface area contributed by atoms with Crippen LogP contribution in [0.1, 0.15) is 26.7 Å². The first kappa shape index (κ1) is 14.4. The summed E-state index contributed by atoms with van der Waals surface area (Å²) in [4.78, 5) is 1.20. The molecule has 3 heteroatoms. The van der Waals surface area contributed by atoms with Crippen LogP contribution >= 0.6 is 11.8 Å². The van der Waals surface area contributed by atoms with E-state index in [1.54, 1.807) is 11.8 Å². The van der Waals surface area contributed by atoms with Crippen LogP contribution in [0.25, 0.3) is 0 Å². The zero-order chi connectivity index (χ0) is 12.7. The Hall–Kier alpha value is -0.670. The van der Waals surface area contributed by atoms with Crippen molar-refractivity contribution in [3.05, 3.63) is 24.3 Å². The van der Waals surface area contributed by atoms with Crippen LogP contribution in [-0.4, -0.2) is 19.4 Å².